The van der Waals surface area contributed by atoms with Crippen LogP contribution in [0, 0.1) is 13.8 Å². The number of rotatable bonds is 5. The largest absolute Gasteiger partial charge is 0.496 e. The first kappa shape index (κ1) is 13.3. The van der Waals surface area contributed by atoms with E-state index in [0.29, 0.717) is 0 Å². The van der Waals surface area contributed by atoms with Crippen LogP contribution in [0.4, 0.5) is 0 Å². The number of aryl methyl sites for hydroxylation is 1. The van der Waals surface area contributed by atoms with Crippen LogP contribution in [0.15, 0.2) is 6.07 Å². The maximum absolute atomic E-state index is 6.18. The number of methoxy groups -OCH3 is 1. The van der Waals surface area contributed by atoms with E-state index >= 15 is 0 Å². The number of benzene rings is 1. The van der Waals surface area contributed by atoms with Gasteiger partial charge in [0.15, 0.2) is 0 Å². The average Bonchev–Trinajstić information content (AvgIpc) is 2.26. The van der Waals surface area contributed by atoms with E-state index in [1.165, 1.54) is 11.1 Å². The standard InChI is InChI=1S/C13H20ClNO/c1-9-11(6-4-5-7-15)8-12(14)10(2)13(9)16-3/h8H,4-7,15H2,1-3H3. The summed E-state index contributed by atoms with van der Waals surface area (Å²) in [6.07, 6.45) is 3.16. The molecule has 0 saturated carbocycles. The van der Waals surface area contributed by atoms with Gasteiger partial charge in [0.2, 0.25) is 0 Å². The highest BCUT2D eigenvalue weighted by molar-refractivity contribution is 6.31. The number of hydrogen-bond donors (Lipinski definition) is 1. The summed E-state index contributed by atoms with van der Waals surface area (Å²) in [5.74, 6) is 0.912. The highest BCUT2D eigenvalue weighted by Crippen LogP contribution is 2.32. The van der Waals surface area contributed by atoms with Crippen molar-refractivity contribution in [2.45, 2.75) is 33.1 Å². The lowest BCUT2D eigenvalue weighted by Crippen LogP contribution is -2.01. The lowest BCUT2D eigenvalue weighted by molar-refractivity contribution is 0.408. The Morgan fingerprint density at radius 3 is 2.50 bits per heavy atom. The van der Waals surface area contributed by atoms with Crippen molar-refractivity contribution in [1.29, 1.82) is 0 Å². The molecule has 0 amide bonds. The summed E-state index contributed by atoms with van der Waals surface area (Å²) in [6.45, 7) is 4.81. The Bertz CT molecular complexity index is 363. The molecule has 0 bridgehead atoms. The summed E-state index contributed by atoms with van der Waals surface area (Å²) >= 11 is 6.18. The molecule has 0 aliphatic carbocycles. The lowest BCUT2D eigenvalue weighted by atomic mass is 9.99. The van der Waals surface area contributed by atoms with Crippen molar-refractivity contribution in [3.05, 3.63) is 27.8 Å². The van der Waals surface area contributed by atoms with Crippen molar-refractivity contribution < 1.29 is 4.74 Å². The van der Waals surface area contributed by atoms with Crippen molar-refractivity contribution in [2.24, 2.45) is 5.73 Å². The van der Waals surface area contributed by atoms with Gasteiger partial charge in [0, 0.05) is 10.6 Å². The Hall–Kier alpha value is -0.730. The molecule has 90 valence electrons. The molecule has 0 aliphatic heterocycles. The van der Waals surface area contributed by atoms with Crippen LogP contribution in [0.25, 0.3) is 0 Å². The predicted octanol–water partition coefficient (Wildman–Crippen LogP) is 3.25. The second-order valence-electron chi connectivity index (χ2n) is 4.05. The van der Waals surface area contributed by atoms with E-state index in [1.54, 1.807) is 7.11 Å². The van der Waals surface area contributed by atoms with Crippen LogP contribution >= 0.6 is 11.6 Å². The molecule has 2 N–H and O–H groups in total. The quantitative estimate of drug-likeness (QED) is 0.804. The van der Waals surface area contributed by atoms with Crippen LogP contribution in [0.1, 0.15) is 29.5 Å². The molecule has 0 fully saturated rings. The second kappa shape index (κ2) is 6.12. The summed E-state index contributed by atoms with van der Waals surface area (Å²) < 4.78 is 5.39. The molecule has 0 spiro atoms. The molecule has 2 nitrogen and oxygen atoms in total. The molecule has 1 rings (SSSR count). The summed E-state index contributed by atoms with van der Waals surface area (Å²) in [5, 5.41) is 0.783. The van der Waals surface area contributed by atoms with Gasteiger partial charge < -0.3 is 10.5 Å². The third-order valence-corrected chi connectivity index (χ3v) is 3.32. The summed E-state index contributed by atoms with van der Waals surface area (Å²) in [6, 6.07) is 2.05. The van der Waals surface area contributed by atoms with Crippen LogP contribution in [-0.4, -0.2) is 13.7 Å². The molecule has 0 saturated heterocycles. The number of hydrogen-bond acceptors (Lipinski definition) is 2. The minimum atomic E-state index is 0.746. The number of ether oxygens (including phenoxy) is 1. The second-order valence-corrected chi connectivity index (χ2v) is 4.45. The van der Waals surface area contributed by atoms with Crippen molar-refractivity contribution in [2.75, 3.05) is 13.7 Å². The van der Waals surface area contributed by atoms with E-state index in [0.717, 1.165) is 42.1 Å². The summed E-state index contributed by atoms with van der Waals surface area (Å²) in [7, 11) is 1.69. The SMILES string of the molecule is COc1c(C)c(Cl)cc(CCCCN)c1C. The van der Waals surface area contributed by atoms with Gasteiger partial charge in [0.05, 0.1) is 7.11 Å². The van der Waals surface area contributed by atoms with Gasteiger partial charge in [-0.25, -0.2) is 0 Å². The zero-order chi connectivity index (χ0) is 12.1. The Morgan fingerprint density at radius 2 is 1.94 bits per heavy atom. The molecule has 0 aromatic heterocycles. The number of unbranched alkanes of at least 4 members (excludes halogenated alkanes) is 1. The highest BCUT2D eigenvalue weighted by Gasteiger charge is 2.11. The van der Waals surface area contributed by atoms with Crippen LogP contribution in [0.3, 0.4) is 0 Å². The molecule has 3 heteroatoms. The maximum atomic E-state index is 6.18. The van der Waals surface area contributed by atoms with Crippen LogP contribution in [0.2, 0.25) is 5.02 Å². The molecule has 0 heterocycles. The van der Waals surface area contributed by atoms with Gasteiger partial charge in [0.1, 0.15) is 5.75 Å². The molecule has 1 aromatic rings. The van der Waals surface area contributed by atoms with Gasteiger partial charge in [0.25, 0.3) is 0 Å². The first-order chi connectivity index (χ1) is 7.61. The fourth-order valence-corrected chi connectivity index (χ4v) is 2.15. The smallest absolute Gasteiger partial charge is 0.126 e. The average molecular weight is 242 g/mol. The Morgan fingerprint density at radius 1 is 1.25 bits per heavy atom. The van der Waals surface area contributed by atoms with E-state index < -0.39 is 0 Å². The fourth-order valence-electron chi connectivity index (χ4n) is 1.93. The monoisotopic (exact) mass is 241 g/mol. The predicted molar refractivity (Wildman–Crippen MR) is 69.5 cm³/mol. The molecule has 1 aromatic carbocycles. The minimum Gasteiger partial charge on any atom is -0.496 e. The number of nitrogens with two attached hydrogens (primary N) is 1. The first-order valence-electron chi connectivity index (χ1n) is 5.64. The third kappa shape index (κ3) is 2.89. The molecule has 0 atom stereocenters. The van der Waals surface area contributed by atoms with Crippen molar-refractivity contribution in [1.82, 2.24) is 0 Å². The molecular weight excluding hydrogens is 222 g/mol. The Kier molecular flexibility index (Phi) is 5.10. The molecule has 0 unspecified atom stereocenters. The molecule has 0 aliphatic rings. The van der Waals surface area contributed by atoms with Gasteiger partial charge in [-0.1, -0.05) is 11.6 Å². The minimum absolute atomic E-state index is 0.746. The first-order valence-corrected chi connectivity index (χ1v) is 6.02. The summed E-state index contributed by atoms with van der Waals surface area (Å²) in [5.41, 5.74) is 8.97. The molecule has 16 heavy (non-hydrogen) atoms. The van der Waals surface area contributed by atoms with Crippen LogP contribution in [0.5, 0.6) is 5.75 Å². The van der Waals surface area contributed by atoms with Crippen molar-refractivity contribution in [3.63, 3.8) is 0 Å². The third-order valence-electron chi connectivity index (χ3n) is 2.93. The summed E-state index contributed by atoms with van der Waals surface area (Å²) in [4.78, 5) is 0. The van der Waals surface area contributed by atoms with Gasteiger partial charge in [-0.3, -0.25) is 0 Å². The van der Waals surface area contributed by atoms with E-state index in [4.69, 9.17) is 22.1 Å². The zero-order valence-corrected chi connectivity index (χ0v) is 11.0. The lowest BCUT2D eigenvalue weighted by Gasteiger charge is -2.14. The maximum Gasteiger partial charge on any atom is 0.126 e. The topological polar surface area (TPSA) is 35.2 Å². The molecule has 0 radical (unpaired) electrons. The van der Waals surface area contributed by atoms with Gasteiger partial charge in [-0.2, -0.15) is 0 Å². The molecular formula is C13H20ClNO. The van der Waals surface area contributed by atoms with Crippen LogP contribution < -0.4 is 10.5 Å². The zero-order valence-electron chi connectivity index (χ0n) is 10.3. The van der Waals surface area contributed by atoms with Gasteiger partial charge in [-0.15, -0.1) is 0 Å². The van der Waals surface area contributed by atoms with E-state index in [2.05, 4.69) is 6.92 Å². The van der Waals surface area contributed by atoms with Gasteiger partial charge >= 0.3 is 0 Å². The fraction of sp³-hybridized carbons (Fsp3) is 0.538. The van der Waals surface area contributed by atoms with Crippen LogP contribution in [-0.2, 0) is 6.42 Å². The van der Waals surface area contributed by atoms with E-state index in [-0.39, 0.29) is 0 Å². The highest BCUT2D eigenvalue weighted by atomic mass is 35.5. The van der Waals surface area contributed by atoms with E-state index in [1.807, 2.05) is 13.0 Å². The van der Waals surface area contributed by atoms with E-state index in [9.17, 15) is 0 Å². The van der Waals surface area contributed by atoms with Crippen molar-refractivity contribution in [3.8, 4) is 5.75 Å². The Labute approximate surface area is 103 Å². The van der Waals surface area contributed by atoms with Crippen molar-refractivity contribution >= 4 is 11.6 Å². The Balaban J connectivity index is 2.96. The number of halogens is 1. The normalized spacial score (nSPS) is 10.6. The van der Waals surface area contributed by atoms with Gasteiger partial charge in [-0.05, 0) is 56.8 Å².